The van der Waals surface area contributed by atoms with Crippen LogP contribution in [0.25, 0.3) is 0 Å². The molecule has 0 radical (unpaired) electrons. The third-order valence-electron chi connectivity index (χ3n) is 1.25. The van der Waals surface area contributed by atoms with E-state index in [0.29, 0.717) is 6.61 Å². The maximum absolute atomic E-state index is 10.7. The van der Waals surface area contributed by atoms with Crippen molar-refractivity contribution in [2.45, 2.75) is 11.8 Å². The van der Waals surface area contributed by atoms with Gasteiger partial charge in [0.05, 0.1) is 16.5 Å². The van der Waals surface area contributed by atoms with Crippen LogP contribution in [0.15, 0.2) is 17.2 Å². The summed E-state index contributed by atoms with van der Waals surface area (Å²) in [4.78, 5) is 3.72. The van der Waals surface area contributed by atoms with E-state index in [1.54, 1.807) is 6.92 Å². The van der Waals surface area contributed by atoms with Crippen LogP contribution in [0.2, 0.25) is 5.02 Å². The van der Waals surface area contributed by atoms with Crippen molar-refractivity contribution in [3.05, 3.63) is 17.3 Å². The van der Waals surface area contributed by atoms with Gasteiger partial charge >= 0.3 is 0 Å². The van der Waals surface area contributed by atoms with Crippen molar-refractivity contribution in [3.63, 3.8) is 0 Å². The first-order chi connectivity index (χ1) is 6.15. The van der Waals surface area contributed by atoms with Crippen LogP contribution in [-0.4, -0.2) is 20.4 Å². The van der Waals surface area contributed by atoms with Gasteiger partial charge in [-0.15, -0.1) is 0 Å². The number of hydrogen-bond donors (Lipinski definition) is 0. The molecule has 0 aromatic carbocycles. The largest absolute Gasteiger partial charge is 0.768 e. The summed E-state index contributed by atoms with van der Waals surface area (Å²) in [6.45, 7) is 2.10. The average Bonchev–Trinajstić information content (AvgIpc) is 2.08. The molecule has 4 nitrogen and oxygen atoms in total. The summed E-state index contributed by atoms with van der Waals surface area (Å²) in [5.41, 5.74) is 0. The van der Waals surface area contributed by atoms with Gasteiger partial charge in [0.1, 0.15) is 0 Å². The standard InChI is InChI=1S/C7H8ClNO3S/c1-2-12-7-6(13(10)11)3-5(8)4-9-7/h3-4H,2H2,1H3,(H,10,11)/p-1. The van der Waals surface area contributed by atoms with E-state index in [4.69, 9.17) is 16.3 Å². The van der Waals surface area contributed by atoms with Crippen molar-refractivity contribution in [1.82, 2.24) is 4.98 Å². The lowest BCUT2D eigenvalue weighted by atomic mass is 10.5. The fraction of sp³-hybridized carbons (Fsp3) is 0.286. The Hall–Kier alpha value is -0.650. The summed E-state index contributed by atoms with van der Waals surface area (Å²) in [6.07, 6.45) is 1.34. The third-order valence-corrected chi connectivity index (χ3v) is 2.10. The minimum atomic E-state index is -2.37. The number of aromatic nitrogens is 1. The first-order valence-electron chi connectivity index (χ1n) is 3.52. The van der Waals surface area contributed by atoms with E-state index in [1.165, 1.54) is 12.3 Å². The molecule has 0 aliphatic carbocycles. The molecule has 72 valence electrons. The summed E-state index contributed by atoms with van der Waals surface area (Å²) in [5.74, 6) is 0.0835. The van der Waals surface area contributed by atoms with E-state index in [1.807, 2.05) is 0 Å². The Labute approximate surface area is 83.2 Å². The molecule has 1 heterocycles. The molecule has 1 rings (SSSR count). The Balaban J connectivity index is 3.10. The van der Waals surface area contributed by atoms with Crippen molar-refractivity contribution in [1.29, 1.82) is 0 Å². The van der Waals surface area contributed by atoms with Crippen LogP contribution in [0.3, 0.4) is 0 Å². The summed E-state index contributed by atoms with van der Waals surface area (Å²) in [6, 6.07) is 1.29. The Morgan fingerprint density at radius 1 is 1.77 bits per heavy atom. The third kappa shape index (κ3) is 2.65. The topological polar surface area (TPSA) is 62.2 Å². The molecule has 1 atom stereocenters. The van der Waals surface area contributed by atoms with E-state index in [9.17, 15) is 8.76 Å². The number of hydrogen-bond acceptors (Lipinski definition) is 4. The van der Waals surface area contributed by atoms with Gasteiger partial charge in [-0.05, 0) is 24.1 Å². The Morgan fingerprint density at radius 3 is 3.00 bits per heavy atom. The summed E-state index contributed by atoms with van der Waals surface area (Å²) in [5, 5.41) is 0.266. The zero-order valence-corrected chi connectivity index (χ0v) is 8.39. The average molecular weight is 221 g/mol. The lowest BCUT2D eigenvalue weighted by Crippen LogP contribution is -2.00. The molecule has 6 heteroatoms. The van der Waals surface area contributed by atoms with Gasteiger partial charge in [0.2, 0.25) is 5.88 Å². The quantitative estimate of drug-likeness (QED) is 0.722. The van der Waals surface area contributed by atoms with Gasteiger partial charge in [0.15, 0.2) is 0 Å². The molecule has 0 aliphatic rings. The zero-order valence-electron chi connectivity index (χ0n) is 6.82. The highest BCUT2D eigenvalue weighted by atomic mass is 35.5. The maximum Gasteiger partial charge on any atom is 0.228 e. The molecule has 0 fully saturated rings. The normalized spacial score (nSPS) is 12.5. The SMILES string of the molecule is CCOc1ncc(Cl)cc1S(=O)[O-]. The van der Waals surface area contributed by atoms with Gasteiger partial charge in [-0.25, -0.2) is 4.98 Å². The van der Waals surface area contributed by atoms with Gasteiger partial charge in [-0.2, -0.15) is 0 Å². The molecule has 0 spiro atoms. The van der Waals surface area contributed by atoms with E-state index in [-0.39, 0.29) is 15.8 Å². The van der Waals surface area contributed by atoms with Crippen molar-refractivity contribution >= 4 is 22.7 Å². The molecular formula is C7H7ClNO3S-. The molecule has 1 aromatic heterocycles. The van der Waals surface area contributed by atoms with Crippen LogP contribution in [0.4, 0.5) is 0 Å². The minimum absolute atomic E-state index is 0.0191. The number of ether oxygens (including phenoxy) is 1. The van der Waals surface area contributed by atoms with Crippen LogP contribution >= 0.6 is 11.6 Å². The lowest BCUT2D eigenvalue weighted by molar-refractivity contribution is 0.316. The molecule has 0 N–H and O–H groups in total. The van der Waals surface area contributed by atoms with Crippen LogP contribution < -0.4 is 4.74 Å². The highest BCUT2D eigenvalue weighted by molar-refractivity contribution is 7.79. The molecule has 0 saturated heterocycles. The van der Waals surface area contributed by atoms with Gasteiger partial charge in [-0.1, -0.05) is 11.6 Å². The Bertz CT molecular complexity index is 332. The number of nitrogens with zero attached hydrogens (tertiary/aromatic N) is 1. The molecule has 1 unspecified atom stereocenters. The van der Waals surface area contributed by atoms with Gasteiger partial charge in [-0.3, -0.25) is 4.21 Å². The first kappa shape index (κ1) is 10.4. The highest BCUT2D eigenvalue weighted by Gasteiger charge is 2.05. The van der Waals surface area contributed by atoms with E-state index in [2.05, 4.69) is 4.98 Å². The zero-order chi connectivity index (χ0) is 9.84. The van der Waals surface area contributed by atoms with E-state index < -0.39 is 11.1 Å². The first-order valence-corrected chi connectivity index (χ1v) is 4.98. The summed E-state index contributed by atoms with van der Waals surface area (Å²) < 4.78 is 26.3. The molecule has 13 heavy (non-hydrogen) atoms. The molecule has 0 aliphatic heterocycles. The van der Waals surface area contributed by atoms with Crippen molar-refractivity contribution in [2.75, 3.05) is 6.61 Å². The summed E-state index contributed by atoms with van der Waals surface area (Å²) >= 11 is 3.20. The van der Waals surface area contributed by atoms with Crippen molar-refractivity contribution in [3.8, 4) is 5.88 Å². The highest BCUT2D eigenvalue weighted by Crippen LogP contribution is 2.21. The predicted octanol–water partition coefficient (Wildman–Crippen LogP) is 1.37. The molecule has 0 amide bonds. The van der Waals surface area contributed by atoms with E-state index in [0.717, 1.165) is 0 Å². The summed E-state index contributed by atoms with van der Waals surface area (Å²) in [7, 11) is 0. The van der Waals surface area contributed by atoms with Crippen LogP contribution in [-0.2, 0) is 11.1 Å². The fourth-order valence-electron chi connectivity index (χ4n) is 0.773. The predicted molar refractivity (Wildman–Crippen MR) is 47.6 cm³/mol. The Morgan fingerprint density at radius 2 is 2.46 bits per heavy atom. The number of halogens is 1. The minimum Gasteiger partial charge on any atom is -0.768 e. The maximum atomic E-state index is 10.7. The van der Waals surface area contributed by atoms with E-state index >= 15 is 0 Å². The Kier molecular flexibility index (Phi) is 3.65. The van der Waals surface area contributed by atoms with Crippen LogP contribution in [0.1, 0.15) is 6.92 Å². The van der Waals surface area contributed by atoms with Gasteiger partial charge in [0.25, 0.3) is 0 Å². The lowest BCUT2D eigenvalue weighted by Gasteiger charge is -2.10. The number of rotatable bonds is 3. The van der Waals surface area contributed by atoms with Gasteiger partial charge < -0.3 is 9.29 Å². The number of pyridine rings is 1. The van der Waals surface area contributed by atoms with Crippen LogP contribution in [0.5, 0.6) is 5.88 Å². The van der Waals surface area contributed by atoms with Crippen molar-refractivity contribution < 1.29 is 13.5 Å². The molecule has 1 aromatic rings. The fourth-order valence-corrected chi connectivity index (χ4v) is 1.47. The second-order valence-corrected chi connectivity index (χ2v) is 3.47. The molecular weight excluding hydrogens is 214 g/mol. The molecule has 0 saturated carbocycles. The monoisotopic (exact) mass is 220 g/mol. The van der Waals surface area contributed by atoms with Crippen LogP contribution in [0, 0.1) is 0 Å². The van der Waals surface area contributed by atoms with Crippen molar-refractivity contribution in [2.24, 2.45) is 0 Å². The smallest absolute Gasteiger partial charge is 0.228 e. The molecule has 0 bridgehead atoms. The second kappa shape index (κ2) is 4.55. The second-order valence-electron chi connectivity index (χ2n) is 2.12. The van der Waals surface area contributed by atoms with Gasteiger partial charge in [0, 0.05) is 6.20 Å².